The number of aryl methyl sites for hydroxylation is 1. The number of hydrogen-bond acceptors (Lipinski definition) is 5. The normalized spacial score (nSPS) is 24.6. The van der Waals surface area contributed by atoms with E-state index in [0.717, 1.165) is 47.0 Å². The van der Waals surface area contributed by atoms with Crippen LogP contribution < -0.4 is 10.9 Å². The van der Waals surface area contributed by atoms with Crippen molar-refractivity contribution in [2.75, 3.05) is 0 Å². The van der Waals surface area contributed by atoms with Crippen molar-refractivity contribution in [1.82, 2.24) is 34.7 Å². The number of carbonyl (C=O) groups is 1. The topological polar surface area (TPSA) is 110 Å². The van der Waals surface area contributed by atoms with E-state index in [9.17, 15) is 9.59 Å². The smallest absolute Gasteiger partial charge is 0.272 e. The Morgan fingerprint density at radius 3 is 2.78 bits per heavy atom. The molecule has 36 heavy (non-hydrogen) atoms. The number of aromatic nitrogens is 6. The number of amides is 1. The van der Waals surface area contributed by atoms with E-state index in [1.807, 2.05) is 30.3 Å². The lowest BCUT2D eigenvalue weighted by atomic mass is 9.49. The van der Waals surface area contributed by atoms with Crippen LogP contribution in [0.15, 0.2) is 66.0 Å². The SMILES string of the molecule is [2H]C([2H])([2H])n1cc(-c2ccn3c(C(=O)N[C@H]4CC5(C4)C[C@H](c4n[nH]c(=O)c6ccccc64)C5)cnc3c2)cn1. The summed E-state index contributed by atoms with van der Waals surface area (Å²) in [7, 11) is 0. The van der Waals surface area contributed by atoms with Crippen LogP contribution in [0.4, 0.5) is 0 Å². The molecule has 9 nitrogen and oxygen atoms in total. The second-order valence-corrected chi connectivity index (χ2v) is 10.1. The van der Waals surface area contributed by atoms with E-state index in [0.29, 0.717) is 28.2 Å². The zero-order valence-corrected chi connectivity index (χ0v) is 19.3. The van der Waals surface area contributed by atoms with Crippen molar-refractivity contribution in [3.8, 4) is 11.1 Å². The number of rotatable bonds is 4. The summed E-state index contributed by atoms with van der Waals surface area (Å²) in [6, 6.07) is 11.3. The minimum absolute atomic E-state index is 0.106. The van der Waals surface area contributed by atoms with E-state index in [1.165, 1.54) is 12.4 Å². The molecule has 0 radical (unpaired) electrons. The molecule has 0 aliphatic heterocycles. The van der Waals surface area contributed by atoms with E-state index in [-0.39, 0.29) is 22.9 Å². The quantitative estimate of drug-likeness (QED) is 0.408. The van der Waals surface area contributed by atoms with Crippen molar-refractivity contribution < 1.29 is 8.91 Å². The molecule has 9 heteroatoms. The first kappa shape index (κ1) is 18.1. The van der Waals surface area contributed by atoms with Crippen LogP contribution in [0.1, 0.15) is 51.9 Å². The highest BCUT2D eigenvalue weighted by Gasteiger charge is 2.54. The average Bonchev–Trinajstić information content (AvgIpc) is 3.53. The molecule has 180 valence electrons. The van der Waals surface area contributed by atoms with Crippen molar-refractivity contribution in [3.63, 3.8) is 0 Å². The van der Waals surface area contributed by atoms with Gasteiger partial charge >= 0.3 is 0 Å². The molecule has 2 N–H and O–H groups in total. The summed E-state index contributed by atoms with van der Waals surface area (Å²) in [5, 5.41) is 15.7. The molecule has 0 unspecified atom stereocenters. The first-order valence-corrected chi connectivity index (χ1v) is 12.0. The third-order valence-corrected chi connectivity index (χ3v) is 7.83. The van der Waals surface area contributed by atoms with E-state index in [4.69, 9.17) is 4.11 Å². The summed E-state index contributed by atoms with van der Waals surface area (Å²) in [5.74, 6) is 0.137. The minimum atomic E-state index is -2.34. The van der Waals surface area contributed by atoms with Gasteiger partial charge in [0.05, 0.1) is 23.5 Å². The summed E-state index contributed by atoms with van der Waals surface area (Å²) < 4.78 is 25.2. The highest BCUT2D eigenvalue weighted by atomic mass is 16.2. The van der Waals surface area contributed by atoms with Gasteiger partial charge in [0.1, 0.15) is 11.3 Å². The van der Waals surface area contributed by atoms with Crippen molar-refractivity contribution in [2.45, 2.75) is 37.6 Å². The minimum Gasteiger partial charge on any atom is -0.348 e. The lowest BCUT2D eigenvalue weighted by molar-refractivity contribution is -0.0197. The molecule has 2 aliphatic carbocycles. The zero-order valence-electron chi connectivity index (χ0n) is 22.3. The summed E-state index contributed by atoms with van der Waals surface area (Å²) in [4.78, 5) is 29.6. The number of hydrogen-bond donors (Lipinski definition) is 2. The Morgan fingerprint density at radius 1 is 1.14 bits per heavy atom. The second-order valence-electron chi connectivity index (χ2n) is 10.1. The largest absolute Gasteiger partial charge is 0.348 e. The molecule has 1 amide bonds. The monoisotopic (exact) mass is 482 g/mol. The van der Waals surface area contributed by atoms with Gasteiger partial charge in [0, 0.05) is 46.4 Å². The number of nitrogens with one attached hydrogen (secondary N) is 2. The molecule has 4 heterocycles. The number of aromatic amines is 1. The third-order valence-electron chi connectivity index (χ3n) is 7.83. The molecular weight excluding hydrogens is 454 g/mol. The maximum Gasteiger partial charge on any atom is 0.272 e. The number of nitrogens with zero attached hydrogens (tertiary/aromatic N) is 5. The highest BCUT2D eigenvalue weighted by Crippen LogP contribution is 2.62. The Labute approximate surface area is 210 Å². The van der Waals surface area contributed by atoms with Gasteiger partial charge in [-0.1, -0.05) is 18.2 Å². The van der Waals surface area contributed by atoms with Gasteiger partial charge in [-0.25, -0.2) is 10.1 Å². The van der Waals surface area contributed by atoms with Crippen LogP contribution in [0.5, 0.6) is 0 Å². The number of imidazole rings is 1. The Hall–Kier alpha value is -4.27. The molecule has 0 atom stereocenters. The molecule has 1 spiro atoms. The fourth-order valence-electron chi connectivity index (χ4n) is 6.11. The first-order valence-electron chi connectivity index (χ1n) is 13.5. The summed E-state index contributed by atoms with van der Waals surface area (Å²) in [5.41, 5.74) is 3.47. The van der Waals surface area contributed by atoms with Gasteiger partial charge in [0.25, 0.3) is 11.5 Å². The van der Waals surface area contributed by atoms with Gasteiger partial charge < -0.3 is 5.32 Å². The van der Waals surface area contributed by atoms with Crippen LogP contribution in [-0.4, -0.2) is 41.3 Å². The van der Waals surface area contributed by atoms with Gasteiger partial charge in [0.15, 0.2) is 0 Å². The molecule has 7 rings (SSSR count). The summed E-state index contributed by atoms with van der Waals surface area (Å²) in [6.07, 6.45) is 10.1. The van der Waals surface area contributed by atoms with E-state index in [2.05, 4.69) is 25.6 Å². The predicted octanol–water partition coefficient (Wildman–Crippen LogP) is 3.43. The van der Waals surface area contributed by atoms with Gasteiger partial charge in [-0.2, -0.15) is 10.2 Å². The Balaban J connectivity index is 1.00. The molecule has 0 saturated heterocycles. The second kappa shape index (κ2) is 7.61. The Kier molecular flexibility index (Phi) is 3.82. The van der Waals surface area contributed by atoms with Crippen molar-refractivity contribution >= 4 is 22.3 Å². The number of fused-ring (bicyclic) bond motifs is 2. The van der Waals surface area contributed by atoms with Gasteiger partial charge in [-0.3, -0.25) is 18.7 Å². The fourth-order valence-corrected chi connectivity index (χ4v) is 6.11. The molecule has 0 bridgehead atoms. The molecule has 2 saturated carbocycles. The van der Waals surface area contributed by atoms with E-state index >= 15 is 0 Å². The van der Waals surface area contributed by atoms with E-state index in [1.54, 1.807) is 22.9 Å². The number of benzene rings is 1. The van der Waals surface area contributed by atoms with Crippen LogP contribution >= 0.6 is 0 Å². The Bertz CT molecular complexity index is 1810. The van der Waals surface area contributed by atoms with Gasteiger partial charge in [-0.15, -0.1) is 0 Å². The zero-order chi connectivity index (χ0) is 26.9. The predicted molar refractivity (Wildman–Crippen MR) is 135 cm³/mol. The maximum atomic E-state index is 13.1. The molecule has 2 fully saturated rings. The highest BCUT2D eigenvalue weighted by molar-refractivity contribution is 5.93. The van der Waals surface area contributed by atoms with Crippen LogP contribution in [0, 0.1) is 5.41 Å². The summed E-state index contributed by atoms with van der Waals surface area (Å²) in [6.45, 7) is -2.34. The number of H-pyrrole nitrogens is 1. The van der Waals surface area contributed by atoms with Crippen LogP contribution in [-0.2, 0) is 6.98 Å². The van der Waals surface area contributed by atoms with Crippen molar-refractivity contribution in [3.05, 3.63) is 82.9 Å². The standard InChI is InChI=1S/C27H25N7O2/c1-33-15-18(13-29-33)16-6-7-34-22(14-28-23(34)8-16)26(36)30-19-11-27(12-19)9-17(10-27)24-20-4-2-3-5-21(20)25(35)32-31-24/h2-8,13-15,17,19H,9-12H2,1H3,(H,30,36)(H,32,35)/t17-,19-,27?/i1D3. The fraction of sp³-hybridized carbons (Fsp3) is 0.296. The molecule has 1 aromatic carbocycles. The molecule has 4 aromatic heterocycles. The van der Waals surface area contributed by atoms with Gasteiger partial charge in [0.2, 0.25) is 0 Å². The third kappa shape index (κ3) is 3.26. The number of carbonyl (C=O) groups excluding carboxylic acids is 1. The van der Waals surface area contributed by atoms with Crippen molar-refractivity contribution in [2.24, 2.45) is 12.4 Å². The first-order chi connectivity index (χ1) is 18.7. The maximum absolute atomic E-state index is 13.1. The lowest BCUT2D eigenvalue weighted by Crippen LogP contribution is -2.55. The molecular formula is C27H25N7O2. The van der Waals surface area contributed by atoms with Crippen molar-refractivity contribution in [1.29, 1.82) is 0 Å². The molecule has 5 aromatic rings. The van der Waals surface area contributed by atoms with Crippen LogP contribution in [0.3, 0.4) is 0 Å². The van der Waals surface area contributed by atoms with Gasteiger partial charge in [-0.05, 0) is 54.9 Å². The van der Waals surface area contributed by atoms with Crippen LogP contribution in [0.2, 0.25) is 0 Å². The van der Waals surface area contributed by atoms with Crippen LogP contribution in [0.25, 0.3) is 27.5 Å². The average molecular weight is 483 g/mol. The number of pyridine rings is 1. The molecule has 2 aliphatic rings. The lowest BCUT2D eigenvalue weighted by Gasteiger charge is -2.57. The Morgan fingerprint density at radius 2 is 1.97 bits per heavy atom. The van der Waals surface area contributed by atoms with E-state index < -0.39 is 6.98 Å². The summed E-state index contributed by atoms with van der Waals surface area (Å²) >= 11 is 0.